The SMILES string of the molecule is CSc1ncc2cc(-c3ccccc3Cl)c(=O)n(C3CC3)c2n1. The van der Waals surface area contributed by atoms with Crippen molar-refractivity contribution in [3.05, 3.63) is 51.9 Å². The van der Waals surface area contributed by atoms with Gasteiger partial charge in [0.05, 0.1) is 0 Å². The van der Waals surface area contributed by atoms with Crippen LogP contribution in [0.25, 0.3) is 22.2 Å². The van der Waals surface area contributed by atoms with Crippen molar-refractivity contribution in [3.8, 4) is 11.1 Å². The largest absolute Gasteiger partial charge is 0.289 e. The Labute approximate surface area is 142 Å². The second-order valence-corrected chi connectivity index (χ2v) is 6.76. The van der Waals surface area contributed by atoms with E-state index in [0.717, 1.165) is 23.8 Å². The molecule has 2 heterocycles. The van der Waals surface area contributed by atoms with Crippen molar-refractivity contribution in [2.24, 2.45) is 0 Å². The second kappa shape index (κ2) is 5.65. The zero-order valence-corrected chi connectivity index (χ0v) is 14.1. The molecular weight excluding hydrogens is 330 g/mol. The van der Waals surface area contributed by atoms with Crippen LogP contribution in [0.3, 0.4) is 0 Å². The Morgan fingerprint density at radius 2 is 2.04 bits per heavy atom. The van der Waals surface area contributed by atoms with Crippen LogP contribution in [0, 0.1) is 0 Å². The number of aromatic nitrogens is 3. The Kier molecular flexibility index (Phi) is 3.62. The fourth-order valence-corrected chi connectivity index (χ4v) is 3.32. The summed E-state index contributed by atoms with van der Waals surface area (Å²) in [5.41, 5.74) is 2.05. The minimum atomic E-state index is -0.0288. The average molecular weight is 344 g/mol. The van der Waals surface area contributed by atoms with E-state index in [1.807, 2.05) is 35.1 Å². The molecule has 0 radical (unpaired) electrons. The van der Waals surface area contributed by atoms with Gasteiger partial charge < -0.3 is 0 Å². The molecule has 116 valence electrons. The van der Waals surface area contributed by atoms with Crippen LogP contribution in [-0.4, -0.2) is 20.8 Å². The molecule has 4 nitrogen and oxygen atoms in total. The lowest BCUT2D eigenvalue weighted by Crippen LogP contribution is -2.22. The summed E-state index contributed by atoms with van der Waals surface area (Å²) in [5, 5.41) is 2.12. The number of rotatable bonds is 3. The van der Waals surface area contributed by atoms with Crippen molar-refractivity contribution >= 4 is 34.4 Å². The maximum absolute atomic E-state index is 13.1. The smallest absolute Gasteiger partial charge is 0.260 e. The van der Waals surface area contributed by atoms with Gasteiger partial charge in [-0.3, -0.25) is 9.36 Å². The third kappa shape index (κ3) is 2.54. The first-order valence-corrected chi connectivity index (χ1v) is 9.00. The molecule has 0 saturated heterocycles. The predicted octanol–water partition coefficient (Wildman–Crippen LogP) is 4.17. The van der Waals surface area contributed by atoms with Gasteiger partial charge in [-0.1, -0.05) is 41.6 Å². The normalized spacial score (nSPS) is 14.3. The van der Waals surface area contributed by atoms with Crippen molar-refractivity contribution in [2.45, 2.75) is 24.0 Å². The summed E-state index contributed by atoms with van der Waals surface area (Å²) in [6.45, 7) is 0. The molecule has 0 N–H and O–H groups in total. The first-order chi connectivity index (χ1) is 11.2. The summed E-state index contributed by atoms with van der Waals surface area (Å²) in [6.07, 6.45) is 5.74. The van der Waals surface area contributed by atoms with Gasteiger partial charge in [-0.15, -0.1) is 0 Å². The molecule has 2 aromatic heterocycles. The Balaban J connectivity index is 2.06. The molecule has 0 spiro atoms. The highest BCUT2D eigenvalue weighted by Crippen LogP contribution is 2.37. The Morgan fingerprint density at radius 1 is 1.26 bits per heavy atom. The van der Waals surface area contributed by atoms with Crippen LogP contribution in [-0.2, 0) is 0 Å². The molecule has 1 aromatic carbocycles. The summed E-state index contributed by atoms with van der Waals surface area (Å²) in [7, 11) is 0. The number of hydrogen-bond donors (Lipinski definition) is 0. The van der Waals surface area contributed by atoms with E-state index in [4.69, 9.17) is 11.6 Å². The fourth-order valence-electron chi connectivity index (χ4n) is 2.75. The van der Waals surface area contributed by atoms with Gasteiger partial charge in [0, 0.05) is 33.8 Å². The lowest BCUT2D eigenvalue weighted by molar-refractivity contribution is 0.724. The maximum atomic E-state index is 13.1. The number of halogens is 1. The van der Waals surface area contributed by atoms with Crippen LogP contribution < -0.4 is 5.56 Å². The van der Waals surface area contributed by atoms with Gasteiger partial charge in [0.15, 0.2) is 5.16 Å². The van der Waals surface area contributed by atoms with Gasteiger partial charge in [0.1, 0.15) is 5.65 Å². The van der Waals surface area contributed by atoms with Gasteiger partial charge in [-0.25, -0.2) is 9.97 Å². The van der Waals surface area contributed by atoms with Gasteiger partial charge >= 0.3 is 0 Å². The van der Waals surface area contributed by atoms with E-state index in [1.54, 1.807) is 12.3 Å². The highest BCUT2D eigenvalue weighted by Gasteiger charge is 2.28. The van der Waals surface area contributed by atoms with Crippen molar-refractivity contribution in [3.63, 3.8) is 0 Å². The van der Waals surface area contributed by atoms with Crippen LogP contribution in [0.4, 0.5) is 0 Å². The minimum Gasteiger partial charge on any atom is -0.289 e. The Hall–Kier alpha value is -1.85. The van der Waals surface area contributed by atoms with E-state index < -0.39 is 0 Å². The molecule has 1 aliphatic rings. The van der Waals surface area contributed by atoms with Crippen molar-refractivity contribution in [2.75, 3.05) is 6.26 Å². The molecule has 0 bridgehead atoms. The first-order valence-electron chi connectivity index (χ1n) is 7.40. The summed E-state index contributed by atoms with van der Waals surface area (Å²) >= 11 is 7.77. The molecule has 4 rings (SSSR count). The van der Waals surface area contributed by atoms with Crippen LogP contribution in [0.2, 0.25) is 5.02 Å². The van der Waals surface area contributed by atoms with E-state index in [0.29, 0.717) is 21.4 Å². The standard InChI is InChI=1S/C17H14ClN3OS/c1-23-17-19-9-10-8-13(12-4-2-3-5-14(12)18)16(22)21(11-6-7-11)15(10)20-17/h2-5,8-9,11H,6-7H2,1H3. The molecule has 1 fully saturated rings. The molecule has 1 saturated carbocycles. The van der Waals surface area contributed by atoms with E-state index in [-0.39, 0.29) is 11.6 Å². The van der Waals surface area contributed by atoms with E-state index in [1.165, 1.54) is 11.8 Å². The van der Waals surface area contributed by atoms with Crippen LogP contribution in [0.1, 0.15) is 18.9 Å². The Bertz CT molecular complexity index is 966. The van der Waals surface area contributed by atoms with Gasteiger partial charge in [-0.2, -0.15) is 0 Å². The van der Waals surface area contributed by atoms with Gasteiger partial charge in [0.25, 0.3) is 5.56 Å². The highest BCUT2D eigenvalue weighted by atomic mass is 35.5. The third-order valence-corrected chi connectivity index (χ3v) is 4.90. The highest BCUT2D eigenvalue weighted by molar-refractivity contribution is 7.98. The van der Waals surface area contributed by atoms with E-state index >= 15 is 0 Å². The minimum absolute atomic E-state index is 0.0288. The lowest BCUT2D eigenvalue weighted by Gasteiger charge is -2.12. The number of benzene rings is 1. The molecule has 23 heavy (non-hydrogen) atoms. The van der Waals surface area contributed by atoms with Gasteiger partial charge in [-0.05, 0) is 31.2 Å². The maximum Gasteiger partial charge on any atom is 0.260 e. The molecule has 6 heteroatoms. The van der Waals surface area contributed by atoms with Crippen molar-refractivity contribution < 1.29 is 0 Å². The number of thioether (sulfide) groups is 1. The van der Waals surface area contributed by atoms with Gasteiger partial charge in [0.2, 0.25) is 0 Å². The topological polar surface area (TPSA) is 47.8 Å². The van der Waals surface area contributed by atoms with E-state index in [2.05, 4.69) is 9.97 Å². The molecule has 0 unspecified atom stereocenters. The summed E-state index contributed by atoms with van der Waals surface area (Å²) in [4.78, 5) is 21.9. The molecule has 1 aliphatic carbocycles. The van der Waals surface area contributed by atoms with Crippen LogP contribution in [0.15, 0.2) is 46.5 Å². The molecule has 0 aliphatic heterocycles. The monoisotopic (exact) mass is 343 g/mol. The molecular formula is C17H14ClN3OS. The lowest BCUT2D eigenvalue weighted by atomic mass is 10.1. The zero-order chi connectivity index (χ0) is 16.0. The second-order valence-electron chi connectivity index (χ2n) is 5.58. The van der Waals surface area contributed by atoms with Crippen molar-refractivity contribution in [1.82, 2.24) is 14.5 Å². The number of fused-ring (bicyclic) bond motifs is 1. The predicted molar refractivity (Wildman–Crippen MR) is 94.3 cm³/mol. The van der Waals surface area contributed by atoms with E-state index in [9.17, 15) is 4.79 Å². The van der Waals surface area contributed by atoms with Crippen molar-refractivity contribution in [1.29, 1.82) is 0 Å². The molecule has 3 aromatic rings. The Morgan fingerprint density at radius 3 is 2.74 bits per heavy atom. The fraction of sp³-hybridized carbons (Fsp3) is 0.235. The summed E-state index contributed by atoms with van der Waals surface area (Å²) in [6, 6.07) is 9.51. The summed E-state index contributed by atoms with van der Waals surface area (Å²) < 4.78 is 1.81. The van der Waals surface area contributed by atoms with Crippen LogP contribution in [0.5, 0.6) is 0 Å². The molecule has 0 atom stereocenters. The number of pyridine rings is 1. The number of hydrogen-bond acceptors (Lipinski definition) is 4. The first kappa shape index (κ1) is 14.7. The quantitative estimate of drug-likeness (QED) is 0.529. The zero-order valence-electron chi connectivity index (χ0n) is 12.5. The average Bonchev–Trinajstić information content (AvgIpc) is 3.39. The molecule has 0 amide bonds. The number of nitrogens with zero attached hydrogens (tertiary/aromatic N) is 3. The van der Waals surface area contributed by atoms with Crippen LogP contribution >= 0.6 is 23.4 Å². The third-order valence-electron chi connectivity index (χ3n) is 4.01. The summed E-state index contributed by atoms with van der Waals surface area (Å²) in [5.74, 6) is 0.